The fourth-order valence-electron chi connectivity index (χ4n) is 3.31. The largest absolute Gasteiger partial charge is 0.376 e. The van der Waals surface area contributed by atoms with Crippen LogP contribution in [0, 0.1) is 5.92 Å². The van der Waals surface area contributed by atoms with E-state index in [4.69, 9.17) is 4.74 Å². The summed E-state index contributed by atoms with van der Waals surface area (Å²) in [5, 5.41) is 2.74. The molecule has 2 unspecified atom stereocenters. The van der Waals surface area contributed by atoms with Crippen molar-refractivity contribution in [2.24, 2.45) is 5.92 Å². The van der Waals surface area contributed by atoms with Gasteiger partial charge in [-0.15, -0.1) is 0 Å². The highest BCUT2D eigenvalue weighted by Crippen LogP contribution is 2.44. The number of nitrogens with one attached hydrogen (secondary N) is 1. The van der Waals surface area contributed by atoms with Crippen LogP contribution in [0.4, 0.5) is 0 Å². The van der Waals surface area contributed by atoms with E-state index in [0.29, 0.717) is 12.5 Å². The van der Waals surface area contributed by atoms with E-state index in [1.54, 1.807) is 4.90 Å². The Bertz CT molecular complexity index is 388. The third kappa shape index (κ3) is 2.24. The summed E-state index contributed by atoms with van der Waals surface area (Å²) in [5.41, 5.74) is -0.657. The number of nitrogens with zero attached hydrogens (tertiary/aromatic N) is 1. The molecular formula is C14H22N2O3. The van der Waals surface area contributed by atoms with Crippen molar-refractivity contribution in [3.63, 3.8) is 0 Å². The molecule has 106 valence electrons. The molecule has 2 aliphatic heterocycles. The van der Waals surface area contributed by atoms with Crippen LogP contribution in [-0.4, -0.2) is 48.1 Å². The van der Waals surface area contributed by atoms with E-state index in [-0.39, 0.29) is 24.5 Å². The molecule has 1 saturated carbocycles. The third-order valence-electron chi connectivity index (χ3n) is 4.75. The molecule has 3 aliphatic rings. The average Bonchev–Trinajstić information content (AvgIpc) is 3.25. The minimum atomic E-state index is -0.657. The quantitative estimate of drug-likeness (QED) is 0.817. The number of amides is 2. The summed E-state index contributed by atoms with van der Waals surface area (Å²) in [6.45, 7) is 3.39. The van der Waals surface area contributed by atoms with Crippen LogP contribution in [0.25, 0.3) is 0 Å². The van der Waals surface area contributed by atoms with Crippen LogP contribution in [0.5, 0.6) is 0 Å². The van der Waals surface area contributed by atoms with E-state index in [1.165, 1.54) is 0 Å². The second kappa shape index (κ2) is 4.78. The van der Waals surface area contributed by atoms with E-state index < -0.39 is 5.54 Å². The Hall–Kier alpha value is -1.10. The van der Waals surface area contributed by atoms with Gasteiger partial charge in [0.15, 0.2) is 0 Å². The smallest absolute Gasteiger partial charge is 0.246 e. The standard InChI is InChI=1S/C14H22N2O3/c1-14(10-5-6-10)13(18)15-8-12(17)16(14)9-11-4-2-3-7-19-11/h10-11H,2-9H2,1H3,(H,15,18). The first-order valence-corrected chi connectivity index (χ1v) is 7.32. The topological polar surface area (TPSA) is 58.6 Å². The van der Waals surface area contributed by atoms with Gasteiger partial charge < -0.3 is 15.0 Å². The van der Waals surface area contributed by atoms with Crippen LogP contribution in [0.15, 0.2) is 0 Å². The van der Waals surface area contributed by atoms with E-state index in [1.807, 2.05) is 6.92 Å². The second-order valence-electron chi connectivity index (χ2n) is 6.10. The average molecular weight is 266 g/mol. The molecule has 0 spiro atoms. The zero-order valence-corrected chi connectivity index (χ0v) is 11.5. The van der Waals surface area contributed by atoms with Crippen molar-refractivity contribution in [3.8, 4) is 0 Å². The lowest BCUT2D eigenvalue weighted by Crippen LogP contribution is -2.68. The Kier molecular flexibility index (Phi) is 3.25. The van der Waals surface area contributed by atoms with Crippen LogP contribution < -0.4 is 5.32 Å². The number of rotatable bonds is 3. The molecule has 0 aromatic heterocycles. The molecule has 2 saturated heterocycles. The van der Waals surface area contributed by atoms with Crippen LogP contribution >= 0.6 is 0 Å². The molecule has 0 radical (unpaired) electrons. The summed E-state index contributed by atoms with van der Waals surface area (Å²) < 4.78 is 5.73. The van der Waals surface area contributed by atoms with Crippen LogP contribution in [0.1, 0.15) is 39.0 Å². The van der Waals surface area contributed by atoms with Gasteiger partial charge in [0.25, 0.3) is 0 Å². The monoisotopic (exact) mass is 266 g/mol. The number of carbonyl (C=O) groups excluding carboxylic acids is 2. The van der Waals surface area contributed by atoms with Crippen molar-refractivity contribution in [1.29, 1.82) is 0 Å². The summed E-state index contributed by atoms with van der Waals surface area (Å²) in [7, 11) is 0. The van der Waals surface area contributed by atoms with Crippen molar-refractivity contribution in [1.82, 2.24) is 10.2 Å². The van der Waals surface area contributed by atoms with Gasteiger partial charge in [-0.05, 0) is 44.9 Å². The minimum Gasteiger partial charge on any atom is -0.376 e. The summed E-state index contributed by atoms with van der Waals surface area (Å²) in [6.07, 6.45) is 5.43. The maximum absolute atomic E-state index is 12.2. The molecule has 1 aliphatic carbocycles. The van der Waals surface area contributed by atoms with E-state index in [9.17, 15) is 9.59 Å². The molecule has 0 bridgehead atoms. The third-order valence-corrected chi connectivity index (χ3v) is 4.75. The van der Waals surface area contributed by atoms with Gasteiger partial charge in [-0.25, -0.2) is 0 Å². The lowest BCUT2D eigenvalue weighted by atomic mass is 9.89. The van der Waals surface area contributed by atoms with Crippen LogP contribution in [-0.2, 0) is 14.3 Å². The van der Waals surface area contributed by atoms with E-state index in [0.717, 1.165) is 38.7 Å². The zero-order chi connectivity index (χ0) is 13.5. The minimum absolute atomic E-state index is 0.00501. The molecule has 3 fully saturated rings. The van der Waals surface area contributed by atoms with Crippen molar-refractivity contribution in [2.75, 3.05) is 19.7 Å². The number of ether oxygens (including phenoxy) is 1. The van der Waals surface area contributed by atoms with Gasteiger partial charge in [-0.1, -0.05) is 0 Å². The molecule has 2 heterocycles. The predicted octanol–water partition coefficient (Wildman–Crippen LogP) is 0.683. The Morgan fingerprint density at radius 2 is 2.11 bits per heavy atom. The summed E-state index contributed by atoms with van der Waals surface area (Å²) in [4.78, 5) is 26.3. The lowest BCUT2D eigenvalue weighted by Gasteiger charge is -2.45. The predicted molar refractivity (Wildman–Crippen MR) is 69.4 cm³/mol. The maximum atomic E-state index is 12.2. The van der Waals surface area contributed by atoms with E-state index >= 15 is 0 Å². The van der Waals surface area contributed by atoms with Gasteiger partial charge in [0.1, 0.15) is 5.54 Å². The Balaban J connectivity index is 1.77. The van der Waals surface area contributed by atoms with Crippen molar-refractivity contribution in [2.45, 2.75) is 50.7 Å². The Morgan fingerprint density at radius 3 is 2.74 bits per heavy atom. The van der Waals surface area contributed by atoms with Crippen LogP contribution in [0.3, 0.4) is 0 Å². The fourth-order valence-corrected chi connectivity index (χ4v) is 3.31. The molecule has 5 heteroatoms. The normalized spacial score (nSPS) is 36.3. The first kappa shape index (κ1) is 12.9. The highest BCUT2D eigenvalue weighted by Gasteiger charge is 2.55. The van der Waals surface area contributed by atoms with E-state index in [2.05, 4.69) is 5.32 Å². The molecular weight excluding hydrogens is 244 g/mol. The second-order valence-corrected chi connectivity index (χ2v) is 6.10. The first-order chi connectivity index (χ1) is 9.12. The summed E-state index contributed by atoms with van der Waals surface area (Å²) in [6, 6.07) is 0. The van der Waals surface area contributed by atoms with Crippen molar-refractivity contribution < 1.29 is 14.3 Å². The molecule has 0 aromatic carbocycles. The molecule has 19 heavy (non-hydrogen) atoms. The van der Waals surface area contributed by atoms with Crippen LogP contribution in [0.2, 0.25) is 0 Å². The molecule has 5 nitrogen and oxygen atoms in total. The van der Waals surface area contributed by atoms with Gasteiger partial charge in [-0.2, -0.15) is 0 Å². The van der Waals surface area contributed by atoms with Gasteiger partial charge in [-0.3, -0.25) is 9.59 Å². The molecule has 2 atom stereocenters. The molecule has 2 amide bonds. The Labute approximate surface area is 113 Å². The highest BCUT2D eigenvalue weighted by molar-refractivity contribution is 5.98. The molecule has 1 N–H and O–H groups in total. The summed E-state index contributed by atoms with van der Waals surface area (Å²) >= 11 is 0. The number of hydrogen-bond donors (Lipinski definition) is 1. The highest BCUT2D eigenvalue weighted by atomic mass is 16.5. The fraction of sp³-hybridized carbons (Fsp3) is 0.857. The van der Waals surface area contributed by atoms with Gasteiger partial charge >= 0.3 is 0 Å². The SMILES string of the molecule is CC1(C2CC2)C(=O)NCC(=O)N1CC1CCCCO1. The van der Waals surface area contributed by atoms with Gasteiger partial charge in [0, 0.05) is 13.2 Å². The van der Waals surface area contributed by atoms with Gasteiger partial charge in [0.2, 0.25) is 11.8 Å². The zero-order valence-electron chi connectivity index (χ0n) is 11.5. The van der Waals surface area contributed by atoms with Crippen molar-refractivity contribution >= 4 is 11.8 Å². The van der Waals surface area contributed by atoms with Crippen molar-refractivity contribution in [3.05, 3.63) is 0 Å². The number of piperazine rings is 1. The summed E-state index contributed by atoms with van der Waals surface area (Å²) in [5.74, 6) is 0.355. The number of hydrogen-bond acceptors (Lipinski definition) is 3. The lowest BCUT2D eigenvalue weighted by molar-refractivity contribution is -0.157. The first-order valence-electron chi connectivity index (χ1n) is 7.32. The maximum Gasteiger partial charge on any atom is 0.246 e. The molecule has 0 aromatic rings. The molecule has 3 rings (SSSR count). The number of carbonyl (C=O) groups is 2. The Morgan fingerprint density at radius 1 is 1.32 bits per heavy atom. The van der Waals surface area contributed by atoms with Gasteiger partial charge in [0.05, 0.1) is 12.6 Å².